The molecule has 0 bridgehead atoms. The highest BCUT2D eigenvalue weighted by Gasteiger charge is 2.41. The highest BCUT2D eigenvalue weighted by atomic mass is 16.5. The van der Waals surface area contributed by atoms with Crippen LogP contribution in [0.25, 0.3) is 0 Å². The molecule has 1 aromatic heterocycles. The molecule has 0 aromatic carbocycles. The molecule has 1 unspecified atom stereocenters. The summed E-state index contributed by atoms with van der Waals surface area (Å²) < 4.78 is 5.15. The Labute approximate surface area is 114 Å². The van der Waals surface area contributed by atoms with Gasteiger partial charge in [0.25, 0.3) is 0 Å². The number of carbonyl (C=O) groups is 1. The van der Waals surface area contributed by atoms with Gasteiger partial charge in [-0.2, -0.15) is 0 Å². The molecule has 1 fully saturated rings. The van der Waals surface area contributed by atoms with E-state index in [0.29, 0.717) is 6.54 Å². The minimum absolute atomic E-state index is 0.222. The van der Waals surface area contributed by atoms with Crippen LogP contribution in [0.3, 0.4) is 0 Å². The Kier molecular flexibility index (Phi) is 3.94. The van der Waals surface area contributed by atoms with E-state index in [1.165, 1.54) is 0 Å². The third kappa shape index (κ3) is 2.52. The van der Waals surface area contributed by atoms with Crippen LogP contribution in [0.15, 0.2) is 4.52 Å². The molecular weight excluding hydrogens is 242 g/mol. The van der Waals surface area contributed by atoms with Crippen LogP contribution in [0, 0.1) is 19.3 Å². The topological polar surface area (TPSA) is 58.4 Å². The van der Waals surface area contributed by atoms with Gasteiger partial charge in [0.15, 0.2) is 0 Å². The molecule has 19 heavy (non-hydrogen) atoms. The Balaban J connectivity index is 2.11. The van der Waals surface area contributed by atoms with Crippen LogP contribution in [0.5, 0.6) is 0 Å². The van der Waals surface area contributed by atoms with Crippen LogP contribution in [-0.2, 0) is 11.3 Å². The fourth-order valence-corrected chi connectivity index (χ4v) is 2.82. The maximum atomic E-state index is 12.7. The van der Waals surface area contributed by atoms with Crippen LogP contribution in [-0.4, -0.2) is 36.1 Å². The summed E-state index contributed by atoms with van der Waals surface area (Å²) in [6, 6.07) is 0. The number of hydrogen-bond acceptors (Lipinski definition) is 4. The summed E-state index contributed by atoms with van der Waals surface area (Å²) in [6.45, 7) is 8.18. The maximum Gasteiger partial charge on any atom is 0.230 e. The number of aryl methyl sites for hydroxylation is 2. The first kappa shape index (κ1) is 14.1. The molecule has 5 nitrogen and oxygen atoms in total. The predicted molar refractivity (Wildman–Crippen MR) is 72.7 cm³/mol. The standard InChI is InChI=1S/C14H23N3O2/c1-5-14(6-7-15-9-14)13(18)17(4)8-12-10(2)16-19-11(12)3/h15H,5-9H2,1-4H3. The second kappa shape index (κ2) is 5.33. The summed E-state index contributed by atoms with van der Waals surface area (Å²) in [7, 11) is 1.87. The van der Waals surface area contributed by atoms with Gasteiger partial charge in [-0.25, -0.2) is 0 Å². The Morgan fingerprint density at radius 1 is 1.53 bits per heavy atom. The zero-order valence-electron chi connectivity index (χ0n) is 12.2. The highest BCUT2D eigenvalue weighted by Crippen LogP contribution is 2.32. The lowest BCUT2D eigenvalue weighted by atomic mass is 9.82. The van der Waals surface area contributed by atoms with E-state index in [9.17, 15) is 4.79 Å². The third-order valence-electron chi connectivity index (χ3n) is 4.30. The molecule has 2 rings (SSSR count). The molecule has 1 amide bonds. The van der Waals surface area contributed by atoms with Crippen molar-refractivity contribution in [3.05, 3.63) is 17.0 Å². The van der Waals surface area contributed by atoms with Crippen LogP contribution < -0.4 is 5.32 Å². The zero-order valence-corrected chi connectivity index (χ0v) is 12.2. The van der Waals surface area contributed by atoms with E-state index >= 15 is 0 Å². The number of carbonyl (C=O) groups excluding carboxylic acids is 1. The quantitative estimate of drug-likeness (QED) is 0.899. The van der Waals surface area contributed by atoms with Crippen molar-refractivity contribution in [2.24, 2.45) is 5.41 Å². The number of nitrogens with one attached hydrogen (secondary N) is 1. The average molecular weight is 265 g/mol. The first-order valence-electron chi connectivity index (χ1n) is 6.88. The molecule has 1 saturated heterocycles. The monoisotopic (exact) mass is 265 g/mol. The molecular formula is C14H23N3O2. The fourth-order valence-electron chi connectivity index (χ4n) is 2.82. The summed E-state index contributed by atoms with van der Waals surface area (Å²) in [4.78, 5) is 14.5. The lowest BCUT2D eigenvalue weighted by Gasteiger charge is -2.30. The molecule has 0 saturated carbocycles. The van der Waals surface area contributed by atoms with E-state index in [4.69, 9.17) is 4.52 Å². The Morgan fingerprint density at radius 3 is 2.74 bits per heavy atom. The van der Waals surface area contributed by atoms with Crippen molar-refractivity contribution in [1.82, 2.24) is 15.4 Å². The van der Waals surface area contributed by atoms with Crippen molar-refractivity contribution in [2.75, 3.05) is 20.1 Å². The van der Waals surface area contributed by atoms with Crippen molar-refractivity contribution >= 4 is 5.91 Å². The van der Waals surface area contributed by atoms with Crippen LogP contribution in [0.1, 0.15) is 36.8 Å². The van der Waals surface area contributed by atoms with E-state index < -0.39 is 0 Å². The molecule has 1 aliphatic rings. The van der Waals surface area contributed by atoms with Crippen LogP contribution >= 0.6 is 0 Å². The minimum atomic E-state index is -0.228. The Hall–Kier alpha value is -1.36. The van der Waals surface area contributed by atoms with Crippen molar-refractivity contribution in [1.29, 1.82) is 0 Å². The van der Waals surface area contributed by atoms with Crippen molar-refractivity contribution in [3.8, 4) is 0 Å². The van der Waals surface area contributed by atoms with Gasteiger partial charge in [-0.15, -0.1) is 0 Å². The molecule has 0 spiro atoms. The van der Waals surface area contributed by atoms with Gasteiger partial charge in [0.2, 0.25) is 5.91 Å². The van der Waals surface area contributed by atoms with Crippen molar-refractivity contribution in [3.63, 3.8) is 0 Å². The van der Waals surface area contributed by atoms with E-state index in [2.05, 4.69) is 17.4 Å². The molecule has 106 valence electrons. The van der Waals surface area contributed by atoms with Gasteiger partial charge in [-0.05, 0) is 33.2 Å². The molecule has 1 aliphatic heterocycles. The Bertz CT molecular complexity index is 442. The lowest BCUT2D eigenvalue weighted by molar-refractivity contribution is -0.140. The molecule has 1 N–H and O–H groups in total. The van der Waals surface area contributed by atoms with Crippen LogP contribution in [0.2, 0.25) is 0 Å². The maximum absolute atomic E-state index is 12.7. The normalized spacial score (nSPS) is 22.7. The van der Waals surface area contributed by atoms with E-state index in [-0.39, 0.29) is 11.3 Å². The van der Waals surface area contributed by atoms with E-state index in [0.717, 1.165) is 42.9 Å². The zero-order chi connectivity index (χ0) is 14.0. The van der Waals surface area contributed by atoms with Crippen molar-refractivity contribution in [2.45, 2.75) is 40.2 Å². The van der Waals surface area contributed by atoms with E-state index in [1.54, 1.807) is 0 Å². The van der Waals surface area contributed by atoms with Crippen LogP contribution in [0.4, 0.5) is 0 Å². The molecule has 1 atom stereocenters. The summed E-state index contributed by atoms with van der Waals surface area (Å²) in [5.74, 6) is 1.02. The van der Waals surface area contributed by atoms with Gasteiger partial charge in [-0.3, -0.25) is 4.79 Å². The second-order valence-corrected chi connectivity index (χ2v) is 5.52. The number of nitrogens with zero attached hydrogens (tertiary/aromatic N) is 2. The van der Waals surface area contributed by atoms with Gasteiger partial charge in [0.1, 0.15) is 5.76 Å². The van der Waals surface area contributed by atoms with Crippen molar-refractivity contribution < 1.29 is 9.32 Å². The first-order valence-corrected chi connectivity index (χ1v) is 6.88. The summed E-state index contributed by atoms with van der Waals surface area (Å²) >= 11 is 0. The molecule has 5 heteroatoms. The predicted octanol–water partition coefficient (Wildman–Crippen LogP) is 1.64. The van der Waals surface area contributed by atoms with Gasteiger partial charge in [-0.1, -0.05) is 12.1 Å². The fraction of sp³-hybridized carbons (Fsp3) is 0.714. The van der Waals surface area contributed by atoms with Gasteiger partial charge >= 0.3 is 0 Å². The van der Waals surface area contributed by atoms with E-state index in [1.807, 2.05) is 25.8 Å². The van der Waals surface area contributed by atoms with Gasteiger partial charge < -0.3 is 14.7 Å². The average Bonchev–Trinajstić information content (AvgIpc) is 3.00. The van der Waals surface area contributed by atoms with Gasteiger partial charge in [0.05, 0.1) is 17.7 Å². The first-order chi connectivity index (χ1) is 9.00. The molecule has 1 aromatic rings. The second-order valence-electron chi connectivity index (χ2n) is 5.52. The SMILES string of the molecule is CCC1(C(=O)N(C)Cc2c(C)noc2C)CCNC1. The molecule has 0 aliphatic carbocycles. The smallest absolute Gasteiger partial charge is 0.230 e. The minimum Gasteiger partial charge on any atom is -0.361 e. The number of amides is 1. The summed E-state index contributed by atoms with van der Waals surface area (Å²) in [5, 5.41) is 7.24. The summed E-state index contributed by atoms with van der Waals surface area (Å²) in [5.41, 5.74) is 1.66. The Morgan fingerprint density at radius 2 is 2.26 bits per heavy atom. The largest absolute Gasteiger partial charge is 0.361 e. The number of hydrogen-bond donors (Lipinski definition) is 1. The van der Waals surface area contributed by atoms with Gasteiger partial charge in [0, 0.05) is 19.2 Å². The third-order valence-corrected chi connectivity index (χ3v) is 4.30. The molecule has 2 heterocycles. The molecule has 0 radical (unpaired) electrons. The number of rotatable bonds is 4. The highest BCUT2D eigenvalue weighted by molar-refractivity contribution is 5.83. The lowest BCUT2D eigenvalue weighted by Crippen LogP contribution is -2.43. The number of aromatic nitrogens is 1. The summed E-state index contributed by atoms with van der Waals surface area (Å²) in [6.07, 6.45) is 1.80.